The van der Waals surface area contributed by atoms with Gasteiger partial charge in [0.2, 0.25) is 0 Å². The van der Waals surface area contributed by atoms with Gasteiger partial charge in [0.25, 0.3) is 0 Å². The Morgan fingerprint density at radius 1 is 1.16 bits per heavy atom. The van der Waals surface area contributed by atoms with Crippen LogP contribution in [0, 0.1) is 5.82 Å². The number of para-hydroxylation sites is 1. The summed E-state index contributed by atoms with van der Waals surface area (Å²) in [6, 6.07) is 15.6. The molecule has 0 aliphatic carbocycles. The van der Waals surface area contributed by atoms with E-state index in [2.05, 4.69) is 15.3 Å². The Morgan fingerprint density at radius 2 is 1.96 bits per heavy atom. The van der Waals surface area contributed by atoms with Crippen LogP contribution >= 0.6 is 0 Å². The number of benzene rings is 2. The molecule has 0 aliphatic rings. The topological polar surface area (TPSA) is 73.1 Å². The van der Waals surface area contributed by atoms with E-state index in [1.165, 1.54) is 6.07 Å². The fourth-order valence-corrected chi connectivity index (χ4v) is 2.35. The molecule has 0 saturated heterocycles. The monoisotopic (exact) mass is 338 g/mol. The smallest absolute Gasteiger partial charge is 0.166 e. The summed E-state index contributed by atoms with van der Waals surface area (Å²) in [4.78, 5) is 8.26. The molecule has 1 unspecified atom stereocenters. The standard InChI is InChI=1S/C19H19FN4O/c1-13(23-12-19-22-10-9-18(21)24-19)14-7-8-17(16(20)11-14)25-15-5-3-2-4-6-15/h2-11,13,23H,12H2,1H3,(H2,21,22,24). The number of nitrogen functional groups attached to an aromatic ring is 1. The summed E-state index contributed by atoms with van der Waals surface area (Å²) in [5.41, 5.74) is 6.44. The Bertz CT molecular complexity index is 842. The van der Waals surface area contributed by atoms with Crippen molar-refractivity contribution in [2.75, 3.05) is 5.73 Å². The highest BCUT2D eigenvalue weighted by molar-refractivity contribution is 5.35. The van der Waals surface area contributed by atoms with Crippen molar-refractivity contribution in [1.82, 2.24) is 15.3 Å². The van der Waals surface area contributed by atoms with Gasteiger partial charge >= 0.3 is 0 Å². The van der Waals surface area contributed by atoms with Gasteiger partial charge in [0.05, 0.1) is 6.54 Å². The highest BCUT2D eigenvalue weighted by atomic mass is 19.1. The number of ether oxygens (including phenoxy) is 1. The van der Waals surface area contributed by atoms with Crippen LogP contribution < -0.4 is 15.8 Å². The molecule has 128 valence electrons. The summed E-state index contributed by atoms with van der Waals surface area (Å²) in [7, 11) is 0. The van der Waals surface area contributed by atoms with E-state index in [0.29, 0.717) is 23.9 Å². The van der Waals surface area contributed by atoms with Crippen LogP contribution in [0.25, 0.3) is 0 Å². The Hall–Kier alpha value is -2.99. The van der Waals surface area contributed by atoms with Crippen LogP contribution in [0.4, 0.5) is 10.2 Å². The van der Waals surface area contributed by atoms with E-state index in [9.17, 15) is 4.39 Å². The third-order valence-corrected chi connectivity index (χ3v) is 3.72. The Balaban J connectivity index is 1.65. The lowest BCUT2D eigenvalue weighted by Crippen LogP contribution is -2.20. The van der Waals surface area contributed by atoms with Gasteiger partial charge in [-0.05, 0) is 42.8 Å². The van der Waals surface area contributed by atoms with Crippen LogP contribution in [-0.4, -0.2) is 9.97 Å². The fraction of sp³-hybridized carbons (Fsp3) is 0.158. The predicted octanol–water partition coefficient (Wildman–Crippen LogP) is 3.84. The van der Waals surface area contributed by atoms with E-state index < -0.39 is 5.82 Å². The number of halogens is 1. The molecule has 0 radical (unpaired) electrons. The van der Waals surface area contributed by atoms with Crippen LogP contribution in [0.3, 0.4) is 0 Å². The van der Waals surface area contributed by atoms with E-state index in [4.69, 9.17) is 10.5 Å². The van der Waals surface area contributed by atoms with Crippen molar-refractivity contribution in [1.29, 1.82) is 0 Å². The number of nitrogens with zero attached hydrogens (tertiary/aromatic N) is 2. The van der Waals surface area contributed by atoms with Gasteiger partial charge in [-0.15, -0.1) is 0 Å². The van der Waals surface area contributed by atoms with E-state index in [-0.39, 0.29) is 11.8 Å². The molecule has 5 nitrogen and oxygen atoms in total. The molecule has 0 bridgehead atoms. The summed E-state index contributed by atoms with van der Waals surface area (Å²) >= 11 is 0. The first-order valence-corrected chi connectivity index (χ1v) is 7.95. The molecular weight excluding hydrogens is 319 g/mol. The quantitative estimate of drug-likeness (QED) is 0.714. The first-order chi connectivity index (χ1) is 12.1. The van der Waals surface area contributed by atoms with Crippen molar-refractivity contribution < 1.29 is 9.13 Å². The number of aromatic nitrogens is 2. The van der Waals surface area contributed by atoms with Gasteiger partial charge in [0.15, 0.2) is 11.6 Å². The van der Waals surface area contributed by atoms with Gasteiger partial charge in [0, 0.05) is 12.2 Å². The first kappa shape index (κ1) is 16.9. The van der Waals surface area contributed by atoms with E-state index >= 15 is 0 Å². The molecular formula is C19H19FN4O. The Kier molecular flexibility index (Phi) is 5.20. The Morgan fingerprint density at radius 3 is 2.68 bits per heavy atom. The minimum Gasteiger partial charge on any atom is -0.454 e. The number of hydrogen-bond acceptors (Lipinski definition) is 5. The van der Waals surface area contributed by atoms with E-state index in [0.717, 1.165) is 5.56 Å². The molecule has 2 aromatic carbocycles. The maximum absolute atomic E-state index is 14.3. The van der Waals surface area contributed by atoms with Crippen molar-refractivity contribution in [2.24, 2.45) is 0 Å². The summed E-state index contributed by atoms with van der Waals surface area (Å²) < 4.78 is 19.9. The first-order valence-electron chi connectivity index (χ1n) is 7.95. The molecule has 0 fully saturated rings. The zero-order chi connectivity index (χ0) is 17.6. The van der Waals surface area contributed by atoms with Crippen molar-refractivity contribution >= 4 is 5.82 Å². The van der Waals surface area contributed by atoms with E-state index in [1.807, 2.05) is 31.2 Å². The molecule has 0 amide bonds. The molecule has 25 heavy (non-hydrogen) atoms. The molecule has 0 aliphatic heterocycles. The average molecular weight is 338 g/mol. The predicted molar refractivity (Wildman–Crippen MR) is 94.6 cm³/mol. The van der Waals surface area contributed by atoms with Crippen molar-refractivity contribution in [2.45, 2.75) is 19.5 Å². The van der Waals surface area contributed by atoms with Gasteiger partial charge in [0.1, 0.15) is 17.4 Å². The summed E-state index contributed by atoms with van der Waals surface area (Å²) in [6.07, 6.45) is 1.61. The zero-order valence-electron chi connectivity index (χ0n) is 13.8. The summed E-state index contributed by atoms with van der Waals surface area (Å²) in [6.45, 7) is 2.38. The second kappa shape index (κ2) is 7.72. The van der Waals surface area contributed by atoms with Crippen LogP contribution in [0.1, 0.15) is 24.4 Å². The second-order valence-electron chi connectivity index (χ2n) is 5.61. The lowest BCUT2D eigenvalue weighted by atomic mass is 10.1. The fourth-order valence-electron chi connectivity index (χ4n) is 2.35. The van der Waals surface area contributed by atoms with Gasteiger partial charge in [-0.2, -0.15) is 0 Å². The highest BCUT2D eigenvalue weighted by Crippen LogP contribution is 2.26. The molecule has 1 aromatic heterocycles. The molecule has 3 aromatic rings. The minimum absolute atomic E-state index is 0.0784. The van der Waals surface area contributed by atoms with Crippen molar-refractivity contribution in [3.8, 4) is 11.5 Å². The van der Waals surface area contributed by atoms with Crippen LogP contribution in [0.2, 0.25) is 0 Å². The van der Waals surface area contributed by atoms with Gasteiger partial charge in [-0.25, -0.2) is 14.4 Å². The number of anilines is 1. The van der Waals surface area contributed by atoms with Crippen molar-refractivity contribution in [3.05, 3.63) is 78.0 Å². The second-order valence-corrected chi connectivity index (χ2v) is 5.61. The molecule has 3 N–H and O–H groups in total. The molecule has 6 heteroatoms. The summed E-state index contributed by atoms with van der Waals surface area (Å²) in [5, 5.41) is 3.25. The van der Waals surface area contributed by atoms with Gasteiger partial charge in [-0.3, -0.25) is 0 Å². The van der Waals surface area contributed by atoms with Crippen LogP contribution in [0.15, 0.2) is 60.8 Å². The molecule has 0 spiro atoms. The van der Waals surface area contributed by atoms with Gasteiger partial charge < -0.3 is 15.8 Å². The average Bonchev–Trinajstić information content (AvgIpc) is 2.62. The maximum Gasteiger partial charge on any atom is 0.166 e. The van der Waals surface area contributed by atoms with Crippen LogP contribution in [-0.2, 0) is 6.54 Å². The molecule has 1 atom stereocenters. The summed E-state index contributed by atoms with van der Waals surface area (Å²) in [5.74, 6) is 1.40. The number of rotatable bonds is 6. The van der Waals surface area contributed by atoms with Gasteiger partial charge in [-0.1, -0.05) is 24.3 Å². The molecule has 1 heterocycles. The number of nitrogens with two attached hydrogens (primary N) is 1. The van der Waals surface area contributed by atoms with Crippen molar-refractivity contribution in [3.63, 3.8) is 0 Å². The minimum atomic E-state index is -0.407. The largest absolute Gasteiger partial charge is 0.454 e. The SMILES string of the molecule is CC(NCc1nccc(N)n1)c1ccc(Oc2ccccc2)c(F)c1. The Labute approximate surface area is 145 Å². The third kappa shape index (κ3) is 4.51. The number of hydrogen-bond donors (Lipinski definition) is 2. The molecule has 3 rings (SSSR count). The molecule has 0 saturated carbocycles. The highest BCUT2D eigenvalue weighted by Gasteiger charge is 2.11. The lowest BCUT2D eigenvalue weighted by Gasteiger charge is -2.15. The van der Waals surface area contributed by atoms with E-state index in [1.54, 1.807) is 30.5 Å². The number of nitrogens with one attached hydrogen (secondary N) is 1. The third-order valence-electron chi connectivity index (χ3n) is 3.72. The van der Waals surface area contributed by atoms with Crippen LogP contribution in [0.5, 0.6) is 11.5 Å². The lowest BCUT2D eigenvalue weighted by molar-refractivity contribution is 0.440. The zero-order valence-corrected chi connectivity index (χ0v) is 13.8. The maximum atomic E-state index is 14.3. The normalized spacial score (nSPS) is 11.9.